The second kappa shape index (κ2) is 12.8. The van der Waals surface area contributed by atoms with Crippen molar-refractivity contribution < 1.29 is 19.1 Å². The van der Waals surface area contributed by atoms with E-state index in [1.165, 1.54) is 6.08 Å². The van der Waals surface area contributed by atoms with Gasteiger partial charge in [0.15, 0.2) is 5.78 Å². The summed E-state index contributed by atoms with van der Waals surface area (Å²) in [5.74, 6) is -0.685. The van der Waals surface area contributed by atoms with Gasteiger partial charge in [0.1, 0.15) is 29.4 Å². The number of hydrogen-bond donors (Lipinski definition) is 0. The van der Waals surface area contributed by atoms with Crippen LogP contribution in [0.15, 0.2) is 42.0 Å². The molecule has 188 valence electrons. The summed E-state index contributed by atoms with van der Waals surface area (Å²) >= 11 is 19.2. The third-order valence-corrected chi connectivity index (χ3v) is 7.43. The van der Waals surface area contributed by atoms with Gasteiger partial charge in [-0.2, -0.15) is 10.5 Å². The van der Waals surface area contributed by atoms with Gasteiger partial charge in [0, 0.05) is 21.9 Å². The van der Waals surface area contributed by atoms with Crippen molar-refractivity contribution in [3.05, 3.63) is 89.0 Å². The molecule has 1 heterocycles. The summed E-state index contributed by atoms with van der Waals surface area (Å²) < 4.78 is 10.9. The molecule has 0 spiro atoms. The molecular weight excluding hydrogens is 555 g/mol. The van der Waals surface area contributed by atoms with E-state index in [2.05, 4.69) is 0 Å². The molecule has 37 heavy (non-hydrogen) atoms. The van der Waals surface area contributed by atoms with Crippen molar-refractivity contribution in [2.45, 2.75) is 26.9 Å². The molecule has 1 aromatic heterocycles. The zero-order valence-corrected chi connectivity index (χ0v) is 22.8. The number of rotatable bonds is 9. The average molecular weight is 574 g/mol. The van der Waals surface area contributed by atoms with E-state index in [0.29, 0.717) is 36.8 Å². The van der Waals surface area contributed by atoms with Crippen LogP contribution in [0.3, 0.4) is 0 Å². The molecule has 6 nitrogen and oxygen atoms in total. The summed E-state index contributed by atoms with van der Waals surface area (Å²) in [4.78, 5) is 25.9. The molecule has 3 rings (SSSR count). The second-order valence-electron chi connectivity index (χ2n) is 7.68. The van der Waals surface area contributed by atoms with Gasteiger partial charge in [-0.25, -0.2) is 4.79 Å². The molecule has 0 radical (unpaired) electrons. The van der Waals surface area contributed by atoms with Gasteiger partial charge in [-0.1, -0.05) is 40.9 Å². The van der Waals surface area contributed by atoms with Crippen LogP contribution in [0, 0.1) is 29.6 Å². The van der Waals surface area contributed by atoms with Crippen molar-refractivity contribution in [2.24, 2.45) is 0 Å². The number of allylic oxidation sites excluding steroid dienone is 1. The number of Topliss-reactive ketones (excluding diaryl/α,β-unsaturated/α-hetero) is 1. The monoisotopic (exact) mass is 572 g/mol. The lowest BCUT2D eigenvalue weighted by Gasteiger charge is -2.11. The molecule has 0 aliphatic heterocycles. The molecule has 0 aliphatic carbocycles. The Hall–Kier alpha value is -3.33. The van der Waals surface area contributed by atoms with E-state index in [0.717, 1.165) is 16.9 Å². The van der Waals surface area contributed by atoms with E-state index >= 15 is 0 Å². The first-order chi connectivity index (χ1) is 17.7. The Morgan fingerprint density at radius 1 is 1.08 bits per heavy atom. The van der Waals surface area contributed by atoms with Gasteiger partial charge in [0.2, 0.25) is 0 Å². The summed E-state index contributed by atoms with van der Waals surface area (Å²) in [6, 6.07) is 13.9. The highest BCUT2D eigenvalue weighted by Gasteiger charge is 2.23. The van der Waals surface area contributed by atoms with E-state index < -0.39 is 11.8 Å². The predicted molar refractivity (Wildman–Crippen MR) is 144 cm³/mol. The molecule has 0 amide bonds. The number of esters is 1. The van der Waals surface area contributed by atoms with Crippen molar-refractivity contribution in [1.82, 2.24) is 0 Å². The number of benzene rings is 2. The minimum atomic E-state index is -0.557. The molecular formula is C27H19Cl3N2O4S. The van der Waals surface area contributed by atoms with Gasteiger partial charge in [0.25, 0.3) is 0 Å². The normalized spacial score (nSPS) is 10.9. The third-order valence-electron chi connectivity index (χ3n) is 5.18. The molecule has 2 aromatic carbocycles. The first-order valence-electron chi connectivity index (χ1n) is 10.9. The van der Waals surface area contributed by atoms with E-state index in [-0.39, 0.29) is 35.6 Å². The Morgan fingerprint density at radius 2 is 1.84 bits per heavy atom. The molecule has 3 aromatic rings. The van der Waals surface area contributed by atoms with Gasteiger partial charge in [0.05, 0.1) is 27.8 Å². The number of ketones is 1. The SMILES string of the molecule is CCOC(=O)c1sc(CC(=O)/C(C#N)=C/c2cc(Cl)ccc2OCc2ccc(Cl)c(Cl)c2)c(C#N)c1C. The van der Waals surface area contributed by atoms with Gasteiger partial charge >= 0.3 is 5.97 Å². The summed E-state index contributed by atoms with van der Waals surface area (Å²) in [5, 5.41) is 20.5. The van der Waals surface area contributed by atoms with Crippen LogP contribution in [-0.4, -0.2) is 18.4 Å². The predicted octanol–water partition coefficient (Wildman–Crippen LogP) is 7.36. The maximum atomic E-state index is 13.1. The van der Waals surface area contributed by atoms with E-state index in [1.54, 1.807) is 50.2 Å². The van der Waals surface area contributed by atoms with Crippen LogP contribution in [0.4, 0.5) is 0 Å². The summed E-state index contributed by atoms with van der Waals surface area (Å²) in [5.41, 5.74) is 1.71. The topological polar surface area (TPSA) is 100 Å². The molecule has 0 saturated heterocycles. The Labute approximate surface area is 233 Å². The van der Waals surface area contributed by atoms with Crippen molar-refractivity contribution in [1.29, 1.82) is 10.5 Å². The van der Waals surface area contributed by atoms with Crippen LogP contribution in [-0.2, 0) is 22.6 Å². The second-order valence-corrected chi connectivity index (χ2v) is 10.0. The summed E-state index contributed by atoms with van der Waals surface area (Å²) in [6.07, 6.45) is 1.16. The zero-order valence-electron chi connectivity index (χ0n) is 19.7. The maximum Gasteiger partial charge on any atom is 0.348 e. The molecule has 0 bridgehead atoms. The van der Waals surface area contributed by atoms with Gasteiger partial charge in [-0.15, -0.1) is 11.3 Å². The van der Waals surface area contributed by atoms with Crippen LogP contribution >= 0.6 is 46.1 Å². The smallest absolute Gasteiger partial charge is 0.348 e. The molecule has 10 heteroatoms. The molecule has 0 fully saturated rings. The number of halogens is 3. The number of ether oxygens (including phenoxy) is 2. The first-order valence-corrected chi connectivity index (χ1v) is 12.8. The number of thiophene rings is 1. The highest BCUT2D eigenvalue weighted by Crippen LogP contribution is 2.31. The Morgan fingerprint density at radius 3 is 2.49 bits per heavy atom. The molecule has 0 N–H and O–H groups in total. The maximum absolute atomic E-state index is 13.1. The van der Waals surface area contributed by atoms with E-state index in [4.69, 9.17) is 44.3 Å². The highest BCUT2D eigenvalue weighted by molar-refractivity contribution is 7.14. The van der Waals surface area contributed by atoms with Gasteiger partial charge < -0.3 is 9.47 Å². The largest absolute Gasteiger partial charge is 0.488 e. The number of carbonyl (C=O) groups excluding carboxylic acids is 2. The lowest BCUT2D eigenvalue weighted by atomic mass is 10.0. The first kappa shape index (κ1) is 28.2. The summed E-state index contributed by atoms with van der Waals surface area (Å²) in [6.45, 7) is 3.65. The molecule has 0 unspecified atom stereocenters. The Bertz CT molecular complexity index is 1480. The quantitative estimate of drug-likeness (QED) is 0.151. The Kier molecular flexibility index (Phi) is 9.74. The number of nitriles is 2. The number of hydrogen-bond acceptors (Lipinski definition) is 7. The van der Waals surface area contributed by atoms with Gasteiger partial charge in [-0.3, -0.25) is 4.79 Å². The standard InChI is InChI=1S/C27H19Cl3N2O4S/c1-3-35-27(34)26-15(2)20(13-32)25(37-26)11-23(33)18(12-31)9-17-10-19(28)5-7-24(17)36-14-16-4-6-21(29)22(30)8-16/h4-10H,3,11,14H2,1-2H3/b18-9+. The average Bonchev–Trinajstić information content (AvgIpc) is 3.18. The fourth-order valence-electron chi connectivity index (χ4n) is 3.36. The number of carbonyl (C=O) groups is 2. The highest BCUT2D eigenvalue weighted by atomic mass is 35.5. The fourth-order valence-corrected chi connectivity index (χ4v) is 5.01. The third kappa shape index (κ3) is 6.91. The minimum Gasteiger partial charge on any atom is -0.488 e. The summed E-state index contributed by atoms with van der Waals surface area (Å²) in [7, 11) is 0. The molecule has 0 atom stereocenters. The van der Waals surface area contributed by atoms with Crippen molar-refractivity contribution in [2.75, 3.05) is 6.61 Å². The van der Waals surface area contributed by atoms with Crippen LogP contribution in [0.1, 0.15) is 43.7 Å². The number of nitrogens with zero attached hydrogens (tertiary/aromatic N) is 2. The van der Waals surface area contributed by atoms with E-state index in [9.17, 15) is 20.1 Å². The van der Waals surface area contributed by atoms with Crippen LogP contribution in [0.2, 0.25) is 15.1 Å². The minimum absolute atomic E-state index is 0.158. The Balaban J connectivity index is 1.88. The van der Waals surface area contributed by atoms with E-state index in [1.807, 2.05) is 12.1 Å². The fraction of sp³-hybridized carbons (Fsp3) is 0.185. The van der Waals surface area contributed by atoms with Crippen LogP contribution < -0.4 is 4.74 Å². The lowest BCUT2D eigenvalue weighted by Crippen LogP contribution is -2.05. The lowest BCUT2D eigenvalue weighted by molar-refractivity contribution is -0.114. The van der Waals surface area contributed by atoms with Crippen LogP contribution in [0.5, 0.6) is 5.75 Å². The van der Waals surface area contributed by atoms with Gasteiger partial charge in [-0.05, 0) is 61.4 Å². The molecule has 0 saturated carbocycles. The molecule has 0 aliphatic rings. The van der Waals surface area contributed by atoms with Crippen molar-refractivity contribution in [3.63, 3.8) is 0 Å². The van der Waals surface area contributed by atoms with Crippen molar-refractivity contribution >= 4 is 64.0 Å². The zero-order chi connectivity index (χ0) is 27.1. The van der Waals surface area contributed by atoms with Crippen LogP contribution in [0.25, 0.3) is 6.08 Å². The van der Waals surface area contributed by atoms with Crippen molar-refractivity contribution in [3.8, 4) is 17.9 Å².